The Morgan fingerprint density at radius 2 is 1.43 bits per heavy atom. The van der Waals surface area contributed by atoms with Crippen molar-refractivity contribution in [3.63, 3.8) is 0 Å². The van der Waals surface area contributed by atoms with E-state index in [2.05, 4.69) is 22.4 Å². The van der Waals surface area contributed by atoms with Crippen LogP contribution in [0.5, 0.6) is 5.75 Å². The van der Waals surface area contributed by atoms with Crippen molar-refractivity contribution in [2.24, 2.45) is 10.2 Å². The van der Waals surface area contributed by atoms with Gasteiger partial charge in [0, 0.05) is 0 Å². The molecule has 3 aromatic carbocycles. The first-order valence-corrected chi connectivity index (χ1v) is 6.84. The highest BCUT2D eigenvalue weighted by Gasteiger charge is 2.04. The van der Waals surface area contributed by atoms with Gasteiger partial charge < -0.3 is 5.11 Å². The standard InChI is InChI=1S/C18H16N2O/c1-12-9-17(21)10-13(2)18(12)20-19-16-8-7-14-5-3-4-6-15(14)11-16/h3-11,21H,1-2H3. The van der Waals surface area contributed by atoms with Gasteiger partial charge in [-0.25, -0.2) is 0 Å². The number of phenolic OH excluding ortho intramolecular Hbond substituents is 1. The van der Waals surface area contributed by atoms with E-state index in [1.165, 1.54) is 5.39 Å². The minimum atomic E-state index is 0.259. The fourth-order valence-electron chi connectivity index (χ4n) is 2.44. The monoisotopic (exact) mass is 276 g/mol. The molecule has 0 amide bonds. The van der Waals surface area contributed by atoms with Crippen LogP contribution in [0.4, 0.5) is 11.4 Å². The maximum atomic E-state index is 9.55. The number of benzene rings is 3. The van der Waals surface area contributed by atoms with Crippen molar-refractivity contribution in [1.82, 2.24) is 0 Å². The van der Waals surface area contributed by atoms with Gasteiger partial charge in [0.05, 0.1) is 11.4 Å². The van der Waals surface area contributed by atoms with Gasteiger partial charge >= 0.3 is 0 Å². The van der Waals surface area contributed by atoms with E-state index in [1.807, 2.05) is 44.2 Å². The van der Waals surface area contributed by atoms with Crippen molar-refractivity contribution >= 4 is 22.1 Å². The first-order valence-electron chi connectivity index (χ1n) is 6.84. The van der Waals surface area contributed by atoms with Crippen molar-refractivity contribution in [3.05, 3.63) is 65.7 Å². The van der Waals surface area contributed by atoms with E-state index in [1.54, 1.807) is 12.1 Å². The molecule has 0 saturated carbocycles. The first kappa shape index (κ1) is 13.3. The fraction of sp³-hybridized carbons (Fsp3) is 0.111. The van der Waals surface area contributed by atoms with Crippen LogP contribution in [0.1, 0.15) is 11.1 Å². The predicted octanol–water partition coefficient (Wildman–Crippen LogP) is 5.58. The Balaban J connectivity index is 1.98. The Morgan fingerprint density at radius 1 is 0.762 bits per heavy atom. The zero-order chi connectivity index (χ0) is 14.8. The molecule has 104 valence electrons. The van der Waals surface area contributed by atoms with Crippen molar-refractivity contribution < 1.29 is 5.11 Å². The molecule has 3 aromatic rings. The number of aryl methyl sites for hydroxylation is 2. The molecule has 0 heterocycles. The van der Waals surface area contributed by atoms with Crippen LogP contribution in [0, 0.1) is 13.8 Å². The van der Waals surface area contributed by atoms with Crippen LogP contribution in [-0.4, -0.2) is 5.11 Å². The number of phenols is 1. The Labute approximate surface area is 123 Å². The van der Waals surface area contributed by atoms with Crippen molar-refractivity contribution in [2.75, 3.05) is 0 Å². The lowest BCUT2D eigenvalue weighted by atomic mass is 10.1. The van der Waals surface area contributed by atoms with Gasteiger partial charge in [-0.05, 0) is 60.0 Å². The molecule has 0 aliphatic carbocycles. The average molecular weight is 276 g/mol. The Hall–Kier alpha value is -2.68. The number of azo groups is 1. The van der Waals surface area contributed by atoms with Gasteiger partial charge in [-0.2, -0.15) is 10.2 Å². The number of hydrogen-bond acceptors (Lipinski definition) is 3. The third kappa shape index (κ3) is 2.77. The van der Waals surface area contributed by atoms with Crippen LogP contribution in [0.15, 0.2) is 64.8 Å². The molecule has 3 heteroatoms. The molecule has 3 rings (SSSR count). The summed E-state index contributed by atoms with van der Waals surface area (Å²) in [6, 6.07) is 17.6. The van der Waals surface area contributed by atoms with Crippen LogP contribution in [0.3, 0.4) is 0 Å². The number of rotatable bonds is 2. The minimum Gasteiger partial charge on any atom is -0.508 e. The minimum absolute atomic E-state index is 0.259. The second-order valence-electron chi connectivity index (χ2n) is 5.16. The normalized spacial score (nSPS) is 11.3. The quantitative estimate of drug-likeness (QED) is 0.610. The molecule has 0 aromatic heterocycles. The SMILES string of the molecule is Cc1cc(O)cc(C)c1N=Nc1ccc2ccccc2c1. The first-order chi connectivity index (χ1) is 10.1. The molecule has 0 saturated heterocycles. The summed E-state index contributed by atoms with van der Waals surface area (Å²) in [5.41, 5.74) is 3.45. The fourth-order valence-corrected chi connectivity index (χ4v) is 2.44. The van der Waals surface area contributed by atoms with Gasteiger partial charge in [0.15, 0.2) is 0 Å². The Bertz CT molecular complexity index is 814. The molecule has 0 aliphatic heterocycles. The predicted molar refractivity (Wildman–Crippen MR) is 85.7 cm³/mol. The highest BCUT2D eigenvalue weighted by atomic mass is 16.3. The van der Waals surface area contributed by atoms with E-state index in [0.29, 0.717) is 0 Å². The summed E-state index contributed by atoms with van der Waals surface area (Å²) in [6.45, 7) is 3.84. The number of hydrogen-bond donors (Lipinski definition) is 1. The molecule has 21 heavy (non-hydrogen) atoms. The van der Waals surface area contributed by atoms with E-state index >= 15 is 0 Å². The van der Waals surface area contributed by atoms with E-state index in [-0.39, 0.29) is 5.75 Å². The molecule has 0 aliphatic rings. The third-order valence-corrected chi connectivity index (χ3v) is 3.47. The topological polar surface area (TPSA) is 45.0 Å². The number of aromatic hydroxyl groups is 1. The summed E-state index contributed by atoms with van der Waals surface area (Å²) in [4.78, 5) is 0. The van der Waals surface area contributed by atoms with Gasteiger partial charge in [0.1, 0.15) is 5.75 Å². The highest BCUT2D eigenvalue weighted by molar-refractivity contribution is 5.85. The lowest BCUT2D eigenvalue weighted by Crippen LogP contribution is -1.80. The molecular formula is C18H16N2O. The summed E-state index contributed by atoms with van der Waals surface area (Å²) in [7, 11) is 0. The smallest absolute Gasteiger partial charge is 0.116 e. The summed E-state index contributed by atoms with van der Waals surface area (Å²) in [5, 5.41) is 20.5. The van der Waals surface area contributed by atoms with Crippen LogP contribution in [0.2, 0.25) is 0 Å². The molecular weight excluding hydrogens is 260 g/mol. The summed E-state index contributed by atoms with van der Waals surface area (Å²) in [6.07, 6.45) is 0. The average Bonchev–Trinajstić information content (AvgIpc) is 2.46. The van der Waals surface area contributed by atoms with Gasteiger partial charge in [0.25, 0.3) is 0 Å². The molecule has 0 radical (unpaired) electrons. The third-order valence-electron chi connectivity index (χ3n) is 3.47. The summed E-state index contributed by atoms with van der Waals surface area (Å²) >= 11 is 0. The molecule has 0 spiro atoms. The molecule has 0 atom stereocenters. The lowest BCUT2D eigenvalue weighted by Gasteiger charge is -2.04. The van der Waals surface area contributed by atoms with E-state index in [0.717, 1.165) is 27.9 Å². The largest absolute Gasteiger partial charge is 0.508 e. The van der Waals surface area contributed by atoms with Crippen molar-refractivity contribution in [1.29, 1.82) is 0 Å². The van der Waals surface area contributed by atoms with Crippen molar-refractivity contribution in [3.8, 4) is 5.75 Å². The second kappa shape index (κ2) is 5.37. The second-order valence-corrected chi connectivity index (χ2v) is 5.16. The summed E-state index contributed by atoms with van der Waals surface area (Å²) < 4.78 is 0. The maximum Gasteiger partial charge on any atom is 0.116 e. The van der Waals surface area contributed by atoms with E-state index < -0.39 is 0 Å². The zero-order valence-electron chi connectivity index (χ0n) is 12.0. The van der Waals surface area contributed by atoms with Gasteiger partial charge in [-0.1, -0.05) is 30.3 Å². The Kier molecular flexibility index (Phi) is 3.40. The van der Waals surface area contributed by atoms with Gasteiger partial charge in [-0.15, -0.1) is 0 Å². The molecule has 0 bridgehead atoms. The zero-order valence-corrected chi connectivity index (χ0v) is 12.0. The maximum absolute atomic E-state index is 9.55. The molecule has 0 fully saturated rings. The number of fused-ring (bicyclic) bond motifs is 1. The van der Waals surface area contributed by atoms with Gasteiger partial charge in [0.2, 0.25) is 0 Å². The molecule has 0 unspecified atom stereocenters. The Morgan fingerprint density at radius 3 is 2.14 bits per heavy atom. The molecule has 1 N–H and O–H groups in total. The van der Waals surface area contributed by atoms with Crippen LogP contribution in [-0.2, 0) is 0 Å². The molecule has 3 nitrogen and oxygen atoms in total. The van der Waals surface area contributed by atoms with E-state index in [4.69, 9.17) is 0 Å². The van der Waals surface area contributed by atoms with Crippen molar-refractivity contribution in [2.45, 2.75) is 13.8 Å². The lowest BCUT2D eigenvalue weighted by molar-refractivity contribution is 0.474. The number of nitrogens with zero attached hydrogens (tertiary/aromatic N) is 2. The van der Waals surface area contributed by atoms with Crippen LogP contribution in [0.25, 0.3) is 10.8 Å². The summed E-state index contributed by atoms with van der Waals surface area (Å²) in [5.74, 6) is 0.259. The van der Waals surface area contributed by atoms with Crippen LogP contribution < -0.4 is 0 Å². The van der Waals surface area contributed by atoms with Crippen LogP contribution >= 0.6 is 0 Å². The highest BCUT2D eigenvalue weighted by Crippen LogP contribution is 2.30. The van der Waals surface area contributed by atoms with E-state index in [9.17, 15) is 5.11 Å². The van der Waals surface area contributed by atoms with Gasteiger partial charge in [-0.3, -0.25) is 0 Å².